The molecule has 0 radical (unpaired) electrons. The molecule has 0 aliphatic carbocycles. The second kappa shape index (κ2) is 7.09. The Bertz CT molecular complexity index is 598. The predicted molar refractivity (Wildman–Crippen MR) is 86.5 cm³/mol. The molecule has 0 fully saturated rings. The summed E-state index contributed by atoms with van der Waals surface area (Å²) in [5.41, 5.74) is 10.3. The summed E-state index contributed by atoms with van der Waals surface area (Å²) in [4.78, 5) is 4.17. The minimum Gasteiger partial charge on any atom is -0.496 e. The summed E-state index contributed by atoms with van der Waals surface area (Å²) in [5.74, 6) is 0.912. The summed E-state index contributed by atoms with van der Waals surface area (Å²) in [7, 11) is 1.69. The molecule has 1 aromatic carbocycles. The van der Waals surface area contributed by atoms with Crippen LogP contribution in [0.15, 0.2) is 36.7 Å². The third kappa shape index (κ3) is 3.73. The minimum absolute atomic E-state index is 0.214. The number of likely N-dealkylation sites (N-methyl/N-ethyl adjacent to an activating group) is 1. The lowest BCUT2D eigenvalue weighted by Gasteiger charge is -2.20. The highest BCUT2D eigenvalue weighted by Crippen LogP contribution is 2.26. The monoisotopic (exact) mass is 285 g/mol. The van der Waals surface area contributed by atoms with Crippen LogP contribution in [-0.4, -0.2) is 18.6 Å². The molecule has 2 aromatic rings. The Kier molecular flexibility index (Phi) is 5.17. The van der Waals surface area contributed by atoms with Crippen LogP contribution in [0.2, 0.25) is 0 Å². The van der Waals surface area contributed by atoms with Crippen molar-refractivity contribution in [2.75, 3.05) is 19.4 Å². The molecule has 112 valence electrons. The number of hydrogen-bond acceptors (Lipinski definition) is 4. The highest BCUT2D eigenvalue weighted by Gasteiger charge is 2.14. The number of nitrogens with two attached hydrogens (primary N) is 1. The molecular weight excluding hydrogens is 262 g/mol. The van der Waals surface area contributed by atoms with Crippen molar-refractivity contribution in [2.24, 2.45) is 0 Å². The third-order valence-corrected chi connectivity index (χ3v) is 3.64. The Labute approximate surface area is 126 Å². The number of nitrogen functional groups attached to an aromatic ring is 1. The molecule has 4 nitrogen and oxygen atoms in total. The fraction of sp³-hybridized carbons (Fsp3) is 0.353. The number of pyridine rings is 1. The average molecular weight is 285 g/mol. The summed E-state index contributed by atoms with van der Waals surface area (Å²) in [6.45, 7) is 5.07. The first-order valence-electron chi connectivity index (χ1n) is 7.22. The number of aromatic nitrogens is 1. The fourth-order valence-corrected chi connectivity index (χ4v) is 2.50. The molecular formula is C17H23N3O. The van der Waals surface area contributed by atoms with Crippen molar-refractivity contribution < 1.29 is 4.74 Å². The van der Waals surface area contributed by atoms with Gasteiger partial charge in [0.05, 0.1) is 7.11 Å². The van der Waals surface area contributed by atoms with E-state index in [1.54, 1.807) is 13.3 Å². The molecule has 1 heterocycles. The van der Waals surface area contributed by atoms with E-state index in [1.165, 1.54) is 5.56 Å². The Morgan fingerprint density at radius 1 is 1.33 bits per heavy atom. The van der Waals surface area contributed by atoms with Gasteiger partial charge in [-0.05, 0) is 48.7 Å². The number of ether oxygens (including phenoxy) is 1. The van der Waals surface area contributed by atoms with Crippen molar-refractivity contribution in [1.82, 2.24) is 10.3 Å². The Morgan fingerprint density at radius 2 is 2.14 bits per heavy atom. The van der Waals surface area contributed by atoms with Gasteiger partial charge in [0.2, 0.25) is 0 Å². The molecule has 4 heteroatoms. The van der Waals surface area contributed by atoms with E-state index in [-0.39, 0.29) is 6.04 Å². The molecule has 0 bridgehead atoms. The molecule has 0 aliphatic rings. The second-order valence-corrected chi connectivity index (χ2v) is 5.12. The molecule has 2 rings (SSSR count). The molecule has 3 N–H and O–H groups in total. The van der Waals surface area contributed by atoms with E-state index >= 15 is 0 Å². The van der Waals surface area contributed by atoms with E-state index < -0.39 is 0 Å². The van der Waals surface area contributed by atoms with Crippen LogP contribution in [0.4, 0.5) is 5.69 Å². The standard InChI is InChI=1S/C17H23N3O/c1-4-20-16(10-14-11-19-8-7-15(14)18)13-5-6-17(21-3)12(2)9-13/h5-9,11,16,20H,4,10H2,1-3H3,(H2,18,19). The number of rotatable bonds is 6. The third-order valence-electron chi connectivity index (χ3n) is 3.64. The summed E-state index contributed by atoms with van der Waals surface area (Å²) < 4.78 is 5.33. The number of anilines is 1. The summed E-state index contributed by atoms with van der Waals surface area (Å²) in [5, 5.41) is 3.52. The van der Waals surface area contributed by atoms with Crippen LogP contribution in [0.1, 0.15) is 29.7 Å². The Morgan fingerprint density at radius 3 is 2.76 bits per heavy atom. The van der Waals surface area contributed by atoms with E-state index in [0.29, 0.717) is 0 Å². The molecule has 1 unspecified atom stereocenters. The van der Waals surface area contributed by atoms with Crippen LogP contribution in [-0.2, 0) is 6.42 Å². The van der Waals surface area contributed by atoms with Crippen molar-refractivity contribution >= 4 is 5.69 Å². The number of methoxy groups -OCH3 is 1. The van der Waals surface area contributed by atoms with Crippen molar-refractivity contribution in [3.63, 3.8) is 0 Å². The van der Waals surface area contributed by atoms with Crippen LogP contribution in [0.25, 0.3) is 0 Å². The van der Waals surface area contributed by atoms with Crippen molar-refractivity contribution in [3.05, 3.63) is 53.3 Å². The van der Waals surface area contributed by atoms with Gasteiger partial charge >= 0.3 is 0 Å². The maximum absolute atomic E-state index is 6.03. The zero-order chi connectivity index (χ0) is 15.2. The van der Waals surface area contributed by atoms with Crippen LogP contribution < -0.4 is 15.8 Å². The van der Waals surface area contributed by atoms with Gasteiger partial charge in [-0.1, -0.05) is 19.1 Å². The fourth-order valence-electron chi connectivity index (χ4n) is 2.50. The predicted octanol–water partition coefficient (Wildman–Crippen LogP) is 2.87. The van der Waals surface area contributed by atoms with E-state index in [0.717, 1.165) is 35.5 Å². The van der Waals surface area contributed by atoms with E-state index in [9.17, 15) is 0 Å². The van der Waals surface area contributed by atoms with Gasteiger partial charge in [-0.2, -0.15) is 0 Å². The number of nitrogens with one attached hydrogen (secondary N) is 1. The number of hydrogen-bond donors (Lipinski definition) is 2. The van der Waals surface area contributed by atoms with Gasteiger partial charge in [0.1, 0.15) is 5.75 Å². The Hall–Kier alpha value is -2.07. The number of aryl methyl sites for hydroxylation is 1. The second-order valence-electron chi connectivity index (χ2n) is 5.12. The van der Waals surface area contributed by atoms with Gasteiger partial charge in [0.25, 0.3) is 0 Å². The summed E-state index contributed by atoms with van der Waals surface area (Å²) in [6, 6.07) is 8.34. The van der Waals surface area contributed by atoms with E-state index in [2.05, 4.69) is 36.3 Å². The average Bonchev–Trinajstić information content (AvgIpc) is 2.49. The van der Waals surface area contributed by atoms with Crippen LogP contribution in [0, 0.1) is 6.92 Å². The van der Waals surface area contributed by atoms with Crippen molar-refractivity contribution in [3.8, 4) is 5.75 Å². The summed E-state index contributed by atoms with van der Waals surface area (Å²) in [6.07, 6.45) is 4.38. The van der Waals surface area contributed by atoms with Gasteiger partial charge in [0.15, 0.2) is 0 Å². The molecule has 0 saturated heterocycles. The van der Waals surface area contributed by atoms with Gasteiger partial charge in [-0.25, -0.2) is 0 Å². The van der Waals surface area contributed by atoms with Crippen LogP contribution >= 0.6 is 0 Å². The summed E-state index contributed by atoms with van der Waals surface area (Å²) >= 11 is 0. The molecule has 0 saturated carbocycles. The zero-order valence-electron chi connectivity index (χ0n) is 12.9. The smallest absolute Gasteiger partial charge is 0.121 e. The topological polar surface area (TPSA) is 60.2 Å². The maximum Gasteiger partial charge on any atom is 0.121 e. The molecule has 1 aromatic heterocycles. The van der Waals surface area contributed by atoms with Gasteiger partial charge in [-0.15, -0.1) is 0 Å². The van der Waals surface area contributed by atoms with Gasteiger partial charge in [0, 0.05) is 24.1 Å². The van der Waals surface area contributed by atoms with Crippen molar-refractivity contribution in [2.45, 2.75) is 26.3 Å². The first-order valence-corrected chi connectivity index (χ1v) is 7.22. The quantitative estimate of drug-likeness (QED) is 0.857. The molecule has 1 atom stereocenters. The lowest BCUT2D eigenvalue weighted by Crippen LogP contribution is -2.23. The SMILES string of the molecule is CCNC(Cc1cnccc1N)c1ccc(OC)c(C)c1. The minimum atomic E-state index is 0.214. The van der Waals surface area contributed by atoms with Crippen LogP contribution in [0.3, 0.4) is 0 Å². The van der Waals surface area contributed by atoms with E-state index in [1.807, 2.05) is 18.3 Å². The van der Waals surface area contributed by atoms with Crippen LogP contribution in [0.5, 0.6) is 5.75 Å². The van der Waals surface area contributed by atoms with Crippen molar-refractivity contribution in [1.29, 1.82) is 0 Å². The zero-order valence-corrected chi connectivity index (χ0v) is 12.9. The largest absolute Gasteiger partial charge is 0.496 e. The normalized spacial score (nSPS) is 12.1. The lowest BCUT2D eigenvalue weighted by atomic mass is 9.97. The number of benzene rings is 1. The maximum atomic E-state index is 6.03. The molecule has 0 spiro atoms. The van der Waals surface area contributed by atoms with E-state index in [4.69, 9.17) is 10.5 Å². The lowest BCUT2D eigenvalue weighted by molar-refractivity contribution is 0.411. The molecule has 0 aliphatic heterocycles. The highest BCUT2D eigenvalue weighted by molar-refractivity contribution is 5.46. The molecule has 21 heavy (non-hydrogen) atoms. The van der Waals surface area contributed by atoms with Gasteiger partial charge < -0.3 is 15.8 Å². The Balaban J connectivity index is 2.26. The first kappa shape index (κ1) is 15.3. The highest BCUT2D eigenvalue weighted by atomic mass is 16.5. The first-order chi connectivity index (χ1) is 10.2. The number of nitrogens with zero attached hydrogens (tertiary/aromatic N) is 1. The van der Waals surface area contributed by atoms with Gasteiger partial charge in [-0.3, -0.25) is 4.98 Å². The molecule has 0 amide bonds.